The average Bonchev–Trinajstić information content (AvgIpc) is 2.69. The fraction of sp³-hybridized carbons (Fsp3) is 0. The third-order valence-corrected chi connectivity index (χ3v) is 4.79. The lowest BCUT2D eigenvalue weighted by Crippen LogP contribution is -2.02. The van der Waals surface area contributed by atoms with Crippen molar-refractivity contribution in [2.75, 3.05) is 0 Å². The van der Waals surface area contributed by atoms with Gasteiger partial charge in [-0.25, -0.2) is 0 Å². The number of fused-ring (bicyclic) bond motifs is 2. The van der Waals surface area contributed by atoms with Crippen LogP contribution in [-0.4, -0.2) is 7.25 Å². The van der Waals surface area contributed by atoms with E-state index in [9.17, 15) is 28.0 Å². The van der Waals surface area contributed by atoms with Gasteiger partial charge in [-0.15, -0.1) is 0 Å². The predicted molar refractivity (Wildman–Crippen MR) is 107 cm³/mol. The minimum Gasteiger partial charge on any atom is -0.418 e. The van der Waals surface area contributed by atoms with E-state index in [2.05, 4.69) is 40.3 Å². The maximum absolute atomic E-state index is 9.75. The summed E-state index contributed by atoms with van der Waals surface area (Å²) in [5.74, 6) is 0. The summed E-state index contributed by atoms with van der Waals surface area (Å²) >= 11 is 0. The van der Waals surface area contributed by atoms with E-state index >= 15 is 0 Å². The van der Waals surface area contributed by atoms with Gasteiger partial charge in [-0.05, 0) is 32.3 Å². The molecular weight excluding hydrogens is 383 g/mol. The van der Waals surface area contributed by atoms with Crippen LogP contribution in [-0.2, 0) is 0 Å². The Hall–Kier alpha value is -3.98. The third kappa shape index (κ3) is 3.03. The van der Waals surface area contributed by atoms with E-state index in [0.29, 0.717) is 5.69 Å². The number of hydrogen-bond acceptors (Lipinski definition) is 2. The van der Waals surface area contributed by atoms with E-state index in [1.54, 1.807) is 6.07 Å². The summed E-state index contributed by atoms with van der Waals surface area (Å²) < 4.78 is 39.0. The van der Waals surface area contributed by atoms with Gasteiger partial charge in [0.25, 0.3) is 0 Å². The second kappa shape index (κ2) is 6.57. The minimum atomic E-state index is -6.00. The highest BCUT2D eigenvalue weighted by Crippen LogP contribution is 2.47. The molecule has 0 unspecified atom stereocenters. The van der Waals surface area contributed by atoms with Gasteiger partial charge < -0.3 is 17.3 Å². The number of nitrogens with zero attached hydrogens (tertiary/aromatic N) is 4. The summed E-state index contributed by atoms with van der Waals surface area (Å²) in [6, 6.07) is 20.1. The normalized spacial score (nSPS) is 11.4. The van der Waals surface area contributed by atoms with Crippen molar-refractivity contribution in [2.45, 2.75) is 0 Å². The van der Waals surface area contributed by atoms with Gasteiger partial charge in [0.1, 0.15) is 0 Å². The molecule has 5 aromatic carbocycles. The summed E-state index contributed by atoms with van der Waals surface area (Å²) in [6.07, 6.45) is 0. The Bertz CT molecular complexity index is 1470. The summed E-state index contributed by atoms with van der Waals surface area (Å²) in [4.78, 5) is 6.76. The number of hydrogen-bond donors (Lipinski definition) is 0. The average molecular weight is 393 g/mol. The molecule has 0 aliphatic heterocycles. The van der Waals surface area contributed by atoms with Gasteiger partial charge in [-0.2, -0.15) is 0 Å². The molecule has 5 rings (SSSR count). The Morgan fingerprint density at radius 2 is 1.14 bits per heavy atom. The first-order chi connectivity index (χ1) is 13.8. The van der Waals surface area contributed by atoms with Crippen LogP contribution in [0.1, 0.15) is 0 Å². The first-order valence-electron chi connectivity index (χ1n) is 8.53. The molecule has 0 amide bonds. The molecule has 0 fully saturated rings. The second-order valence-electron chi connectivity index (χ2n) is 6.43. The number of benzene rings is 5. The molecule has 0 saturated carbocycles. The zero-order valence-electron chi connectivity index (χ0n) is 14.7. The van der Waals surface area contributed by atoms with E-state index < -0.39 is 7.25 Å². The minimum absolute atomic E-state index is 0.258. The highest BCUT2D eigenvalue weighted by molar-refractivity contribution is 6.50. The molecule has 9 heteroatoms. The molecule has 0 aliphatic carbocycles. The van der Waals surface area contributed by atoms with Crippen LogP contribution < -0.4 is 0 Å². The van der Waals surface area contributed by atoms with Gasteiger partial charge in [0, 0.05) is 5.39 Å². The van der Waals surface area contributed by atoms with Crippen molar-refractivity contribution >= 4 is 61.7 Å². The molecule has 0 saturated heterocycles. The number of halogens is 4. The molecule has 29 heavy (non-hydrogen) atoms. The predicted octanol–water partition coefficient (Wildman–Crippen LogP) is 8.01. The van der Waals surface area contributed by atoms with Crippen molar-refractivity contribution in [3.63, 3.8) is 0 Å². The maximum atomic E-state index is 9.75. The smallest absolute Gasteiger partial charge is 0.418 e. The first kappa shape index (κ1) is 18.4. The Morgan fingerprint density at radius 3 is 1.69 bits per heavy atom. The summed E-state index contributed by atoms with van der Waals surface area (Å²) in [5, 5.41) is 27.2. The molecule has 0 spiro atoms. The van der Waals surface area contributed by atoms with Crippen molar-refractivity contribution < 1.29 is 17.3 Å². The van der Waals surface area contributed by atoms with E-state index in [1.807, 2.05) is 24.3 Å². The van der Waals surface area contributed by atoms with Gasteiger partial charge in [-0.3, -0.25) is 0 Å². The lowest BCUT2D eigenvalue weighted by molar-refractivity contribution is 0.368. The molecule has 0 N–H and O–H groups in total. The molecule has 0 atom stereocenters. The quantitative estimate of drug-likeness (QED) is 0.0880. The Kier molecular flexibility index (Phi) is 4.17. The molecule has 0 aromatic heterocycles. The SMILES string of the molecule is F[B-](F)(F)F.N#[N+]c1cc2cccc3c4cccc5cccc(c(c1[N+]#N)c23)c54. The fourth-order valence-electron chi connectivity index (χ4n) is 3.87. The molecular formula is C20H10BF4N4+. The van der Waals surface area contributed by atoms with Gasteiger partial charge in [0.2, 0.25) is 10.8 Å². The third-order valence-electron chi connectivity index (χ3n) is 4.79. The van der Waals surface area contributed by atoms with Gasteiger partial charge in [-0.1, -0.05) is 54.6 Å². The molecule has 140 valence electrons. The highest BCUT2D eigenvalue weighted by atomic mass is 19.5. The van der Waals surface area contributed by atoms with E-state index in [1.165, 1.54) is 5.39 Å². The second-order valence-corrected chi connectivity index (χ2v) is 6.43. The lowest BCUT2D eigenvalue weighted by atomic mass is 9.89. The van der Waals surface area contributed by atoms with Crippen LogP contribution in [0.2, 0.25) is 0 Å². The van der Waals surface area contributed by atoms with Crippen molar-refractivity contribution in [2.24, 2.45) is 0 Å². The molecule has 4 nitrogen and oxygen atoms in total. The van der Waals surface area contributed by atoms with Crippen molar-refractivity contribution in [3.8, 4) is 0 Å². The van der Waals surface area contributed by atoms with Crippen LogP contribution in [0.4, 0.5) is 28.6 Å². The van der Waals surface area contributed by atoms with Gasteiger partial charge in [0.15, 0.2) is 9.95 Å². The Morgan fingerprint density at radius 1 is 0.621 bits per heavy atom. The Labute approximate surface area is 161 Å². The van der Waals surface area contributed by atoms with Crippen LogP contribution in [0.5, 0.6) is 0 Å². The monoisotopic (exact) mass is 393 g/mol. The van der Waals surface area contributed by atoms with Gasteiger partial charge >= 0.3 is 18.6 Å². The van der Waals surface area contributed by atoms with Gasteiger partial charge in [0.05, 0.1) is 11.5 Å². The number of rotatable bonds is 0. The first-order valence-corrected chi connectivity index (χ1v) is 8.53. The highest BCUT2D eigenvalue weighted by Gasteiger charge is 2.32. The summed E-state index contributed by atoms with van der Waals surface area (Å²) in [6.45, 7) is 0. The van der Waals surface area contributed by atoms with Crippen LogP contribution >= 0.6 is 0 Å². The Balaban J connectivity index is 0.000000369. The molecule has 0 heterocycles. The van der Waals surface area contributed by atoms with Crippen molar-refractivity contribution in [1.82, 2.24) is 0 Å². The largest absolute Gasteiger partial charge is 0.673 e. The van der Waals surface area contributed by atoms with E-state index in [4.69, 9.17) is 0 Å². The zero-order chi connectivity index (χ0) is 20.8. The molecule has 0 bridgehead atoms. The van der Waals surface area contributed by atoms with Crippen LogP contribution in [0.25, 0.3) is 53.0 Å². The summed E-state index contributed by atoms with van der Waals surface area (Å²) in [7, 11) is -6.00. The summed E-state index contributed by atoms with van der Waals surface area (Å²) in [5.41, 5.74) is 0.549. The van der Waals surface area contributed by atoms with Crippen molar-refractivity contribution in [3.05, 3.63) is 70.6 Å². The van der Waals surface area contributed by atoms with Crippen molar-refractivity contribution in [1.29, 1.82) is 10.8 Å². The van der Waals surface area contributed by atoms with Crippen LogP contribution in [0.15, 0.2) is 60.7 Å². The fourth-order valence-corrected chi connectivity index (χ4v) is 3.87. The maximum Gasteiger partial charge on any atom is 0.673 e. The molecule has 5 aromatic rings. The molecule has 0 radical (unpaired) electrons. The number of diazo groups is 2. The molecule has 0 aliphatic rings. The lowest BCUT2D eigenvalue weighted by Gasteiger charge is -2.12. The van der Waals surface area contributed by atoms with Crippen LogP contribution in [0.3, 0.4) is 0 Å². The van der Waals surface area contributed by atoms with E-state index in [0.717, 1.165) is 37.7 Å². The standard InChI is InChI=1S/C20H10N4.BF4/c21-23-16-10-12-6-3-8-14-13-7-1-4-11-5-2-9-15(17(11)13)19(18(12)14)20(16)24-22;2-1(3,4)5/h1-10H;/q+2;-1. The van der Waals surface area contributed by atoms with E-state index in [-0.39, 0.29) is 5.69 Å². The zero-order valence-corrected chi connectivity index (χ0v) is 14.7. The van der Waals surface area contributed by atoms with Crippen LogP contribution in [0, 0.1) is 10.8 Å². The topological polar surface area (TPSA) is 56.3 Å².